The Bertz CT molecular complexity index is 747. The fraction of sp³-hybridized carbons (Fsp3) is 0.176. The molecule has 2 aromatic rings. The maximum atomic E-state index is 12.1. The molecule has 0 spiro atoms. The fourth-order valence-electron chi connectivity index (χ4n) is 1.85. The Morgan fingerprint density at radius 3 is 2.42 bits per heavy atom. The van der Waals surface area contributed by atoms with Gasteiger partial charge in [-0.15, -0.1) is 0 Å². The number of hydrogen-bond donors (Lipinski definition) is 2. The molecule has 0 aromatic heterocycles. The molecule has 2 rings (SSSR count). The van der Waals surface area contributed by atoms with Gasteiger partial charge in [0.15, 0.2) is 6.10 Å². The molecule has 5 nitrogen and oxygen atoms in total. The van der Waals surface area contributed by atoms with Crippen molar-refractivity contribution in [2.75, 3.05) is 5.32 Å². The molecule has 24 heavy (non-hydrogen) atoms. The molecule has 0 heterocycles. The predicted molar refractivity (Wildman–Crippen MR) is 92.3 cm³/mol. The molecule has 0 unspecified atom stereocenters. The topological polar surface area (TPSA) is 75.6 Å². The van der Waals surface area contributed by atoms with Crippen molar-refractivity contribution >= 4 is 40.8 Å². The van der Waals surface area contributed by atoms with Crippen LogP contribution in [0.1, 0.15) is 22.8 Å². The van der Waals surface area contributed by atoms with Gasteiger partial charge in [-0.1, -0.05) is 35.3 Å². The highest BCUT2D eigenvalue weighted by atomic mass is 35.5. The van der Waals surface area contributed by atoms with Crippen LogP contribution in [0.3, 0.4) is 0 Å². The van der Waals surface area contributed by atoms with E-state index in [0.29, 0.717) is 16.3 Å². The van der Waals surface area contributed by atoms with Gasteiger partial charge in [-0.05, 0) is 42.8 Å². The third-order valence-corrected chi connectivity index (χ3v) is 3.76. The van der Waals surface area contributed by atoms with E-state index in [4.69, 9.17) is 33.0 Å². The largest absolute Gasteiger partial charge is 0.449 e. The normalized spacial score (nSPS) is 11.7. The number of ether oxygens (including phenoxy) is 1. The molecule has 2 aromatic carbocycles. The Morgan fingerprint density at radius 2 is 1.83 bits per heavy atom. The van der Waals surface area contributed by atoms with E-state index in [1.807, 2.05) is 0 Å². The summed E-state index contributed by atoms with van der Waals surface area (Å²) >= 11 is 11.8. The first-order valence-electron chi connectivity index (χ1n) is 7.07. The standard InChI is InChI=1S/C17H15Cl2NO4/c1-10(16(22)20-15-7-6-13(18)8-14(15)19)24-17(23)12-4-2-11(9-21)3-5-12/h2-8,10,21H,9H2,1H3,(H,20,22)/t10-/m0/s1. The van der Waals surface area contributed by atoms with Crippen molar-refractivity contribution in [3.05, 3.63) is 63.6 Å². The number of benzene rings is 2. The summed E-state index contributed by atoms with van der Waals surface area (Å²) in [6.07, 6.45) is -1.01. The van der Waals surface area contributed by atoms with E-state index in [9.17, 15) is 9.59 Å². The number of carbonyl (C=O) groups is 2. The molecular weight excluding hydrogens is 353 g/mol. The van der Waals surface area contributed by atoms with Crippen LogP contribution in [0, 0.1) is 0 Å². The molecule has 1 atom stereocenters. The van der Waals surface area contributed by atoms with Crippen molar-refractivity contribution in [2.24, 2.45) is 0 Å². The molecule has 2 N–H and O–H groups in total. The zero-order valence-corrected chi connectivity index (χ0v) is 14.3. The van der Waals surface area contributed by atoms with Gasteiger partial charge in [-0.3, -0.25) is 4.79 Å². The number of rotatable bonds is 5. The Kier molecular flexibility index (Phi) is 6.20. The van der Waals surface area contributed by atoms with Gasteiger partial charge in [0, 0.05) is 5.02 Å². The molecule has 0 bridgehead atoms. The summed E-state index contributed by atoms with van der Waals surface area (Å²) < 4.78 is 5.12. The molecule has 0 aliphatic carbocycles. The molecule has 7 heteroatoms. The minimum Gasteiger partial charge on any atom is -0.449 e. The Labute approximate surface area is 149 Å². The summed E-state index contributed by atoms with van der Waals surface area (Å²) in [6, 6.07) is 10.9. The number of carbonyl (C=O) groups excluding carboxylic acids is 2. The van der Waals surface area contributed by atoms with Gasteiger partial charge in [0.1, 0.15) is 0 Å². The number of aliphatic hydroxyl groups is 1. The fourth-order valence-corrected chi connectivity index (χ4v) is 2.31. The predicted octanol–water partition coefficient (Wildman–Crippen LogP) is 3.67. The van der Waals surface area contributed by atoms with Gasteiger partial charge in [0.25, 0.3) is 5.91 Å². The van der Waals surface area contributed by atoms with Crippen molar-refractivity contribution < 1.29 is 19.4 Å². The van der Waals surface area contributed by atoms with E-state index in [2.05, 4.69) is 5.32 Å². The van der Waals surface area contributed by atoms with Gasteiger partial charge in [-0.25, -0.2) is 4.79 Å². The van der Waals surface area contributed by atoms with E-state index in [0.717, 1.165) is 0 Å². The summed E-state index contributed by atoms with van der Waals surface area (Å²) in [5.74, 6) is -1.15. The summed E-state index contributed by atoms with van der Waals surface area (Å²) in [6.45, 7) is 1.34. The highest BCUT2D eigenvalue weighted by molar-refractivity contribution is 6.36. The van der Waals surface area contributed by atoms with Crippen LogP contribution in [0.5, 0.6) is 0 Å². The second-order valence-corrected chi connectivity index (χ2v) is 5.86. The van der Waals surface area contributed by atoms with Crippen LogP contribution in [0.25, 0.3) is 0 Å². The Balaban J connectivity index is 1.98. The maximum Gasteiger partial charge on any atom is 0.338 e. The molecule has 126 valence electrons. The molecule has 0 radical (unpaired) electrons. The van der Waals surface area contributed by atoms with Crippen LogP contribution in [-0.2, 0) is 16.1 Å². The summed E-state index contributed by atoms with van der Waals surface area (Å²) in [5.41, 5.74) is 1.34. The van der Waals surface area contributed by atoms with Gasteiger partial charge < -0.3 is 15.2 Å². The SMILES string of the molecule is C[C@H](OC(=O)c1ccc(CO)cc1)C(=O)Nc1ccc(Cl)cc1Cl. The minimum atomic E-state index is -1.01. The van der Waals surface area contributed by atoms with Crippen molar-refractivity contribution in [3.63, 3.8) is 0 Å². The monoisotopic (exact) mass is 367 g/mol. The van der Waals surface area contributed by atoms with E-state index >= 15 is 0 Å². The average molecular weight is 368 g/mol. The first-order chi connectivity index (χ1) is 11.4. The first-order valence-corrected chi connectivity index (χ1v) is 7.83. The lowest BCUT2D eigenvalue weighted by molar-refractivity contribution is -0.123. The molecule has 0 aliphatic heterocycles. The zero-order valence-electron chi connectivity index (χ0n) is 12.8. The van der Waals surface area contributed by atoms with E-state index in [-0.39, 0.29) is 17.2 Å². The highest BCUT2D eigenvalue weighted by Crippen LogP contribution is 2.25. The van der Waals surface area contributed by atoms with E-state index in [1.165, 1.54) is 25.1 Å². The molecule has 1 amide bonds. The van der Waals surface area contributed by atoms with Crippen molar-refractivity contribution in [1.29, 1.82) is 0 Å². The van der Waals surface area contributed by atoms with E-state index < -0.39 is 18.0 Å². The van der Waals surface area contributed by atoms with Crippen LogP contribution >= 0.6 is 23.2 Å². The molecule has 0 saturated carbocycles. The first kappa shape index (κ1) is 18.3. The third-order valence-electron chi connectivity index (χ3n) is 3.21. The van der Waals surface area contributed by atoms with Gasteiger partial charge >= 0.3 is 5.97 Å². The van der Waals surface area contributed by atoms with Gasteiger partial charge in [0.2, 0.25) is 0 Å². The highest BCUT2D eigenvalue weighted by Gasteiger charge is 2.19. The maximum absolute atomic E-state index is 12.1. The lowest BCUT2D eigenvalue weighted by Crippen LogP contribution is -2.30. The summed E-state index contributed by atoms with van der Waals surface area (Å²) in [7, 11) is 0. The second kappa shape index (κ2) is 8.15. The van der Waals surface area contributed by atoms with Crippen molar-refractivity contribution in [2.45, 2.75) is 19.6 Å². The number of esters is 1. The van der Waals surface area contributed by atoms with E-state index in [1.54, 1.807) is 24.3 Å². The molecule has 0 fully saturated rings. The van der Waals surface area contributed by atoms with Crippen molar-refractivity contribution in [1.82, 2.24) is 0 Å². The number of anilines is 1. The number of hydrogen-bond acceptors (Lipinski definition) is 4. The molecule has 0 aliphatic rings. The average Bonchev–Trinajstić information content (AvgIpc) is 2.57. The summed E-state index contributed by atoms with van der Waals surface area (Å²) in [5, 5.41) is 12.3. The van der Waals surface area contributed by atoms with Crippen LogP contribution in [0.4, 0.5) is 5.69 Å². The van der Waals surface area contributed by atoms with Crippen LogP contribution in [0.2, 0.25) is 10.0 Å². The number of aliphatic hydroxyl groups excluding tert-OH is 1. The Hall–Kier alpha value is -2.08. The van der Waals surface area contributed by atoms with Crippen molar-refractivity contribution in [3.8, 4) is 0 Å². The van der Waals surface area contributed by atoms with Crippen LogP contribution < -0.4 is 5.32 Å². The zero-order chi connectivity index (χ0) is 17.7. The second-order valence-electron chi connectivity index (χ2n) is 5.02. The number of nitrogens with one attached hydrogen (secondary N) is 1. The quantitative estimate of drug-likeness (QED) is 0.790. The van der Waals surface area contributed by atoms with Crippen LogP contribution in [-0.4, -0.2) is 23.1 Å². The minimum absolute atomic E-state index is 0.115. The molecule has 0 saturated heterocycles. The number of amides is 1. The summed E-state index contributed by atoms with van der Waals surface area (Å²) in [4.78, 5) is 24.1. The Morgan fingerprint density at radius 1 is 1.17 bits per heavy atom. The smallest absolute Gasteiger partial charge is 0.338 e. The molecular formula is C17H15Cl2NO4. The van der Waals surface area contributed by atoms with Gasteiger partial charge in [0.05, 0.1) is 22.9 Å². The van der Waals surface area contributed by atoms with Crippen LogP contribution in [0.15, 0.2) is 42.5 Å². The lowest BCUT2D eigenvalue weighted by Gasteiger charge is -2.14. The van der Waals surface area contributed by atoms with Gasteiger partial charge in [-0.2, -0.15) is 0 Å². The lowest BCUT2D eigenvalue weighted by atomic mass is 10.1. The third kappa shape index (κ3) is 4.71. The number of halogens is 2.